The van der Waals surface area contributed by atoms with Gasteiger partial charge >= 0.3 is 6.18 Å². The van der Waals surface area contributed by atoms with Gasteiger partial charge in [-0.2, -0.15) is 13.2 Å². The van der Waals surface area contributed by atoms with Crippen LogP contribution >= 0.6 is 11.6 Å². The summed E-state index contributed by atoms with van der Waals surface area (Å²) in [4.78, 5) is 2.43. The fourth-order valence-electron chi connectivity index (χ4n) is 4.10. The molecule has 0 N–H and O–H groups in total. The average molecular weight is 332 g/mol. The molecule has 1 unspecified atom stereocenters. The number of alkyl halides is 4. The third kappa shape index (κ3) is 2.44. The number of fused-ring (bicyclic) bond motifs is 1. The van der Waals surface area contributed by atoms with Gasteiger partial charge in [0.25, 0.3) is 0 Å². The zero-order valence-corrected chi connectivity index (χ0v) is 13.6. The maximum Gasteiger partial charge on any atom is 0.416 e. The molecule has 1 saturated heterocycles. The summed E-state index contributed by atoms with van der Waals surface area (Å²) in [5.41, 5.74) is 0.689. The van der Waals surface area contributed by atoms with Crippen LogP contribution in [0.25, 0.3) is 0 Å². The summed E-state index contributed by atoms with van der Waals surface area (Å²) in [7, 11) is 0. The van der Waals surface area contributed by atoms with Crippen molar-refractivity contribution >= 4 is 11.6 Å². The highest BCUT2D eigenvalue weighted by atomic mass is 35.5. The second-order valence-electron chi connectivity index (χ2n) is 7.13. The number of nitrogens with zero attached hydrogens (tertiary/aromatic N) is 1. The van der Waals surface area contributed by atoms with E-state index in [0.717, 1.165) is 31.5 Å². The predicted molar refractivity (Wildman–Crippen MR) is 82.2 cm³/mol. The van der Waals surface area contributed by atoms with Crippen molar-refractivity contribution in [1.82, 2.24) is 4.90 Å². The lowest BCUT2D eigenvalue weighted by molar-refractivity contribution is -0.137. The molecule has 1 heterocycles. The zero-order chi connectivity index (χ0) is 16.2. The van der Waals surface area contributed by atoms with E-state index in [0.29, 0.717) is 11.9 Å². The summed E-state index contributed by atoms with van der Waals surface area (Å²) in [6.45, 7) is 6.36. The highest BCUT2D eigenvalue weighted by Crippen LogP contribution is 2.69. The third-order valence-electron chi connectivity index (χ3n) is 5.66. The van der Waals surface area contributed by atoms with Gasteiger partial charge in [-0.25, -0.2) is 0 Å². The molecule has 0 spiro atoms. The first kappa shape index (κ1) is 16.1. The van der Waals surface area contributed by atoms with Crippen molar-refractivity contribution in [3.63, 3.8) is 0 Å². The van der Waals surface area contributed by atoms with Crippen molar-refractivity contribution < 1.29 is 13.2 Å². The molecule has 5 heteroatoms. The molecule has 1 aromatic carbocycles. The van der Waals surface area contributed by atoms with Gasteiger partial charge in [-0.1, -0.05) is 19.1 Å². The second kappa shape index (κ2) is 5.13. The van der Waals surface area contributed by atoms with Crippen LogP contribution in [0.1, 0.15) is 37.8 Å². The number of halogens is 4. The van der Waals surface area contributed by atoms with Gasteiger partial charge in [-0.3, -0.25) is 4.90 Å². The van der Waals surface area contributed by atoms with Gasteiger partial charge in [0.05, 0.1) is 5.56 Å². The topological polar surface area (TPSA) is 3.24 Å². The molecule has 3 atom stereocenters. The summed E-state index contributed by atoms with van der Waals surface area (Å²) in [6, 6.07) is 6.20. The van der Waals surface area contributed by atoms with Crippen molar-refractivity contribution in [1.29, 1.82) is 0 Å². The molecule has 0 bridgehead atoms. The Kier molecular flexibility index (Phi) is 3.76. The quantitative estimate of drug-likeness (QED) is 0.724. The summed E-state index contributed by atoms with van der Waals surface area (Å²) in [5, 5.41) is 0. The molecule has 2 aliphatic rings. The second-order valence-corrected chi connectivity index (χ2v) is 7.50. The Balaban J connectivity index is 1.81. The highest BCUT2D eigenvalue weighted by Gasteiger charge is 2.69. The van der Waals surface area contributed by atoms with Crippen LogP contribution in [0.15, 0.2) is 24.3 Å². The van der Waals surface area contributed by atoms with E-state index < -0.39 is 11.7 Å². The number of likely N-dealkylation sites (tertiary alicyclic amines) is 1. The number of rotatable bonds is 4. The molecule has 0 radical (unpaired) electrons. The summed E-state index contributed by atoms with van der Waals surface area (Å²) in [5.74, 6) is 0.641. The number of hydrogen-bond donors (Lipinski definition) is 0. The third-order valence-corrected chi connectivity index (χ3v) is 5.88. The van der Waals surface area contributed by atoms with Gasteiger partial charge in [0.15, 0.2) is 0 Å². The smallest absolute Gasteiger partial charge is 0.299 e. The molecule has 1 aromatic rings. The lowest BCUT2D eigenvalue weighted by Crippen LogP contribution is -2.35. The molecule has 1 aliphatic carbocycles. The molecular weight excluding hydrogens is 311 g/mol. The molecule has 122 valence electrons. The molecule has 2 fully saturated rings. The van der Waals surface area contributed by atoms with Crippen LogP contribution in [0.2, 0.25) is 0 Å². The normalized spacial score (nSPS) is 32.8. The minimum absolute atomic E-state index is 0.0255. The van der Waals surface area contributed by atoms with Crippen LogP contribution in [0.5, 0.6) is 0 Å². The Bertz CT molecular complexity index is 556. The number of hydrogen-bond acceptors (Lipinski definition) is 1. The monoisotopic (exact) mass is 331 g/mol. The van der Waals surface area contributed by atoms with Crippen LogP contribution in [-0.2, 0) is 11.6 Å². The van der Waals surface area contributed by atoms with Crippen LogP contribution in [0.4, 0.5) is 13.2 Å². The van der Waals surface area contributed by atoms with E-state index in [1.54, 1.807) is 12.1 Å². The van der Waals surface area contributed by atoms with Crippen molar-refractivity contribution in [2.24, 2.45) is 5.41 Å². The van der Waals surface area contributed by atoms with Crippen LogP contribution < -0.4 is 0 Å². The van der Waals surface area contributed by atoms with Crippen LogP contribution in [0.3, 0.4) is 0 Å². The Morgan fingerprint density at radius 3 is 2.41 bits per heavy atom. The first-order valence-corrected chi connectivity index (χ1v) is 8.23. The Morgan fingerprint density at radius 1 is 1.23 bits per heavy atom. The van der Waals surface area contributed by atoms with E-state index in [9.17, 15) is 13.2 Å². The number of benzene rings is 1. The Labute approximate surface area is 134 Å². The van der Waals surface area contributed by atoms with E-state index >= 15 is 0 Å². The lowest BCUT2D eigenvalue weighted by atomic mass is 9.89. The molecule has 0 aromatic heterocycles. The molecule has 1 aliphatic heterocycles. The highest BCUT2D eigenvalue weighted by molar-refractivity contribution is 6.17. The van der Waals surface area contributed by atoms with Gasteiger partial charge < -0.3 is 0 Å². The molecule has 1 saturated carbocycles. The van der Waals surface area contributed by atoms with Gasteiger partial charge in [-0.05, 0) is 42.9 Å². The molecule has 22 heavy (non-hydrogen) atoms. The summed E-state index contributed by atoms with van der Waals surface area (Å²) < 4.78 is 38.1. The van der Waals surface area contributed by atoms with Gasteiger partial charge in [-0.15, -0.1) is 11.6 Å². The SMILES string of the molecule is CC(CCCl)N1C[C@]2(C)C[C@]2(c2ccc(C(F)(F)F)cc2)C1. The fourth-order valence-corrected chi connectivity index (χ4v) is 4.41. The summed E-state index contributed by atoms with van der Waals surface area (Å²) >= 11 is 5.84. The van der Waals surface area contributed by atoms with Crippen molar-refractivity contribution in [2.45, 2.75) is 44.3 Å². The molecular formula is C17H21ClF3N. The van der Waals surface area contributed by atoms with Crippen molar-refractivity contribution in [3.8, 4) is 0 Å². The minimum atomic E-state index is -4.26. The lowest BCUT2D eigenvalue weighted by Gasteiger charge is -2.27. The van der Waals surface area contributed by atoms with Crippen molar-refractivity contribution in [3.05, 3.63) is 35.4 Å². The first-order chi connectivity index (χ1) is 10.2. The van der Waals surface area contributed by atoms with Crippen LogP contribution in [-0.4, -0.2) is 29.9 Å². The van der Waals surface area contributed by atoms with Gasteiger partial charge in [0.1, 0.15) is 0 Å². The van der Waals surface area contributed by atoms with Crippen LogP contribution in [0, 0.1) is 5.41 Å². The van der Waals surface area contributed by atoms with Gasteiger partial charge in [0.2, 0.25) is 0 Å². The van der Waals surface area contributed by atoms with E-state index in [-0.39, 0.29) is 10.8 Å². The zero-order valence-electron chi connectivity index (χ0n) is 12.9. The van der Waals surface area contributed by atoms with E-state index in [1.165, 1.54) is 12.1 Å². The van der Waals surface area contributed by atoms with Gasteiger partial charge in [0, 0.05) is 30.4 Å². The molecule has 3 rings (SSSR count). The fraction of sp³-hybridized carbons (Fsp3) is 0.647. The minimum Gasteiger partial charge on any atom is -0.299 e. The maximum absolute atomic E-state index is 12.7. The Morgan fingerprint density at radius 2 is 1.86 bits per heavy atom. The number of piperidine rings is 1. The largest absolute Gasteiger partial charge is 0.416 e. The molecule has 1 nitrogen and oxygen atoms in total. The average Bonchev–Trinajstić information content (AvgIpc) is 2.92. The maximum atomic E-state index is 12.7. The predicted octanol–water partition coefficient (Wildman–Crippen LogP) is 4.69. The molecule has 0 amide bonds. The first-order valence-electron chi connectivity index (χ1n) is 7.70. The van der Waals surface area contributed by atoms with Crippen molar-refractivity contribution in [2.75, 3.05) is 19.0 Å². The Hall–Kier alpha value is -0.740. The van der Waals surface area contributed by atoms with E-state index in [1.807, 2.05) is 0 Å². The summed E-state index contributed by atoms with van der Waals surface area (Å²) in [6.07, 6.45) is -2.25. The standard InChI is InChI=1S/C17H21ClF3N/c1-12(7-8-18)22-10-15(2)9-16(15,11-22)13-3-5-14(6-4-13)17(19,20)21/h3-6,12H,7-11H2,1-2H3/t12?,15-,16+/m0/s1. The van der Waals surface area contributed by atoms with E-state index in [2.05, 4.69) is 18.7 Å². The van der Waals surface area contributed by atoms with E-state index in [4.69, 9.17) is 11.6 Å².